The van der Waals surface area contributed by atoms with Gasteiger partial charge in [0, 0.05) is 25.0 Å². The number of hydrogen-bond donors (Lipinski definition) is 1. The molecule has 0 atom stereocenters. The lowest BCUT2D eigenvalue weighted by Gasteiger charge is -2.08. The van der Waals surface area contributed by atoms with Crippen molar-refractivity contribution in [1.82, 2.24) is 19.9 Å². The smallest absolute Gasteiger partial charge is 0.272 e. The van der Waals surface area contributed by atoms with Crippen LogP contribution >= 0.6 is 0 Å². The number of nitrogens with zero attached hydrogens (tertiary/aromatic N) is 3. The quantitative estimate of drug-likeness (QED) is 0.528. The minimum atomic E-state index is -4.08. The first-order valence-electron chi connectivity index (χ1n) is 8.72. The Morgan fingerprint density at radius 3 is 2.37 bits per heavy atom. The summed E-state index contributed by atoms with van der Waals surface area (Å²) < 4.78 is 53.3. The van der Waals surface area contributed by atoms with Gasteiger partial charge in [-0.2, -0.15) is 5.10 Å². The van der Waals surface area contributed by atoms with Gasteiger partial charge in [-0.1, -0.05) is 12.1 Å². The number of carbonyl (C=O) groups is 1. The van der Waals surface area contributed by atoms with Gasteiger partial charge in [-0.15, -0.1) is 0 Å². The molecule has 0 saturated carbocycles. The van der Waals surface area contributed by atoms with Crippen LogP contribution in [0.25, 0.3) is 5.65 Å². The molecule has 1 N–H and O–H groups in total. The lowest BCUT2D eigenvalue weighted by molar-refractivity contribution is 0.0944. The van der Waals surface area contributed by atoms with Gasteiger partial charge in [0.05, 0.1) is 9.79 Å². The van der Waals surface area contributed by atoms with Gasteiger partial charge in [-0.05, 0) is 42.0 Å². The summed E-state index contributed by atoms with van der Waals surface area (Å²) in [6.45, 7) is 0.136. The third-order valence-electron chi connectivity index (χ3n) is 4.32. The van der Waals surface area contributed by atoms with E-state index in [-0.39, 0.29) is 17.1 Å². The largest absolute Gasteiger partial charge is 0.347 e. The average molecular weight is 428 g/mol. The maximum atomic E-state index is 13.4. The number of rotatable bonds is 5. The third-order valence-corrected chi connectivity index (χ3v) is 6.07. The lowest BCUT2D eigenvalue weighted by atomic mass is 10.2. The summed E-state index contributed by atoms with van der Waals surface area (Å²) in [6, 6.07) is 11.0. The average Bonchev–Trinajstić information content (AvgIpc) is 3.19. The van der Waals surface area contributed by atoms with Crippen molar-refractivity contribution >= 4 is 21.4 Å². The van der Waals surface area contributed by atoms with Crippen LogP contribution in [0.1, 0.15) is 16.1 Å². The van der Waals surface area contributed by atoms with E-state index < -0.39 is 32.3 Å². The van der Waals surface area contributed by atoms with Crippen LogP contribution in [0.15, 0.2) is 76.8 Å². The fraction of sp³-hybridized carbons (Fsp3) is 0.0500. The molecule has 0 aliphatic heterocycles. The van der Waals surface area contributed by atoms with E-state index in [1.165, 1.54) is 28.8 Å². The van der Waals surface area contributed by atoms with Crippen molar-refractivity contribution in [2.45, 2.75) is 16.3 Å². The fourth-order valence-corrected chi connectivity index (χ4v) is 4.12. The summed E-state index contributed by atoms with van der Waals surface area (Å²) in [4.78, 5) is 15.7. The number of aromatic nitrogens is 3. The van der Waals surface area contributed by atoms with Crippen LogP contribution in [0.5, 0.6) is 0 Å². The van der Waals surface area contributed by atoms with Crippen LogP contribution in [0, 0.1) is 11.6 Å². The number of halogens is 2. The summed E-state index contributed by atoms with van der Waals surface area (Å²) >= 11 is 0. The van der Waals surface area contributed by atoms with Crippen molar-refractivity contribution in [2.75, 3.05) is 0 Å². The van der Waals surface area contributed by atoms with Crippen molar-refractivity contribution in [1.29, 1.82) is 0 Å². The molecule has 7 nitrogen and oxygen atoms in total. The van der Waals surface area contributed by atoms with Crippen LogP contribution in [0.2, 0.25) is 0 Å². The molecule has 0 bridgehead atoms. The Morgan fingerprint density at radius 1 is 0.967 bits per heavy atom. The standard InChI is InChI=1S/C20H14F2N4O3S/c21-14-9-15(22)11-17(10-14)30(28,29)16-3-1-13(2-4-16)12-24-20(27)18-5-6-19-23-7-8-26(19)25-18/h1-11H,12H2,(H,24,27). The lowest BCUT2D eigenvalue weighted by Crippen LogP contribution is -2.24. The minimum absolute atomic E-state index is 0.116. The molecular weight excluding hydrogens is 414 g/mol. The Morgan fingerprint density at radius 2 is 1.67 bits per heavy atom. The number of imidazole rings is 1. The summed E-state index contributed by atoms with van der Waals surface area (Å²) in [5.74, 6) is -2.36. The number of fused-ring (bicyclic) bond motifs is 1. The minimum Gasteiger partial charge on any atom is -0.347 e. The highest BCUT2D eigenvalue weighted by atomic mass is 32.2. The first-order chi connectivity index (χ1) is 14.3. The van der Waals surface area contributed by atoms with E-state index in [0.29, 0.717) is 17.3 Å². The van der Waals surface area contributed by atoms with Gasteiger partial charge in [0.15, 0.2) is 5.65 Å². The van der Waals surface area contributed by atoms with Gasteiger partial charge < -0.3 is 5.32 Å². The first kappa shape index (κ1) is 19.6. The van der Waals surface area contributed by atoms with Crippen LogP contribution in [-0.4, -0.2) is 28.9 Å². The van der Waals surface area contributed by atoms with Gasteiger partial charge in [-0.3, -0.25) is 4.79 Å². The Bertz CT molecular complexity index is 1330. The summed E-state index contributed by atoms with van der Waals surface area (Å²) in [5, 5.41) is 6.84. The van der Waals surface area contributed by atoms with Crippen molar-refractivity contribution in [3.8, 4) is 0 Å². The maximum absolute atomic E-state index is 13.4. The van der Waals surface area contributed by atoms with Crippen LogP contribution < -0.4 is 5.32 Å². The second-order valence-electron chi connectivity index (χ2n) is 6.38. The van der Waals surface area contributed by atoms with E-state index in [9.17, 15) is 22.0 Å². The Kier molecular flexibility index (Phi) is 5.00. The molecule has 0 saturated heterocycles. The van der Waals surface area contributed by atoms with E-state index in [2.05, 4.69) is 15.4 Å². The summed E-state index contributed by atoms with van der Waals surface area (Å²) in [6.07, 6.45) is 3.19. The third kappa shape index (κ3) is 3.90. The molecule has 0 radical (unpaired) electrons. The highest BCUT2D eigenvalue weighted by molar-refractivity contribution is 7.91. The Balaban J connectivity index is 1.47. The zero-order chi connectivity index (χ0) is 21.3. The molecule has 152 valence electrons. The number of hydrogen-bond acceptors (Lipinski definition) is 5. The van der Waals surface area contributed by atoms with Crippen molar-refractivity contribution in [3.05, 3.63) is 89.9 Å². The van der Waals surface area contributed by atoms with Crippen LogP contribution in [0.4, 0.5) is 8.78 Å². The van der Waals surface area contributed by atoms with Gasteiger partial charge in [0.25, 0.3) is 5.91 Å². The van der Waals surface area contributed by atoms with E-state index in [0.717, 1.165) is 12.1 Å². The van der Waals surface area contributed by atoms with Gasteiger partial charge >= 0.3 is 0 Å². The summed E-state index contributed by atoms with van der Waals surface area (Å²) in [5.41, 5.74) is 1.45. The highest BCUT2D eigenvalue weighted by Crippen LogP contribution is 2.23. The molecule has 0 fully saturated rings. The van der Waals surface area contributed by atoms with Gasteiger partial charge in [0.1, 0.15) is 17.3 Å². The molecular formula is C20H14F2N4O3S. The van der Waals surface area contributed by atoms with E-state index in [4.69, 9.17) is 0 Å². The molecule has 30 heavy (non-hydrogen) atoms. The molecule has 2 aromatic carbocycles. The number of carbonyl (C=O) groups excluding carboxylic acids is 1. The van der Waals surface area contributed by atoms with Crippen molar-refractivity contribution in [2.24, 2.45) is 0 Å². The van der Waals surface area contributed by atoms with E-state index >= 15 is 0 Å². The zero-order valence-electron chi connectivity index (χ0n) is 15.3. The Hall–Kier alpha value is -3.66. The molecule has 10 heteroatoms. The molecule has 2 aromatic heterocycles. The van der Waals surface area contributed by atoms with E-state index in [1.54, 1.807) is 24.5 Å². The SMILES string of the molecule is O=C(NCc1ccc(S(=O)(=O)c2cc(F)cc(F)c2)cc1)c1ccc2nccn2n1. The summed E-state index contributed by atoms with van der Waals surface area (Å²) in [7, 11) is -4.08. The van der Waals surface area contributed by atoms with E-state index in [1.807, 2.05) is 0 Å². The van der Waals surface area contributed by atoms with Crippen molar-refractivity contribution < 1.29 is 22.0 Å². The normalized spacial score (nSPS) is 11.5. The first-order valence-corrected chi connectivity index (χ1v) is 10.2. The molecule has 0 aliphatic carbocycles. The predicted molar refractivity (Wildman–Crippen MR) is 102 cm³/mol. The monoisotopic (exact) mass is 428 g/mol. The number of sulfone groups is 1. The molecule has 0 aliphatic rings. The number of benzene rings is 2. The molecule has 4 aromatic rings. The topological polar surface area (TPSA) is 93.4 Å². The zero-order valence-corrected chi connectivity index (χ0v) is 16.1. The van der Waals surface area contributed by atoms with Gasteiger partial charge in [0.2, 0.25) is 9.84 Å². The molecule has 1 amide bonds. The number of amides is 1. The second-order valence-corrected chi connectivity index (χ2v) is 8.33. The maximum Gasteiger partial charge on any atom is 0.272 e. The Labute approximate surface area is 169 Å². The number of nitrogens with one attached hydrogen (secondary N) is 1. The van der Waals surface area contributed by atoms with Crippen molar-refractivity contribution in [3.63, 3.8) is 0 Å². The fourth-order valence-electron chi connectivity index (χ4n) is 2.82. The molecule has 4 rings (SSSR count). The molecule has 0 unspecified atom stereocenters. The van der Waals surface area contributed by atoms with Crippen LogP contribution in [-0.2, 0) is 16.4 Å². The predicted octanol–water partition coefficient (Wildman–Crippen LogP) is 2.77. The molecule has 0 spiro atoms. The van der Waals surface area contributed by atoms with Crippen LogP contribution in [0.3, 0.4) is 0 Å². The highest BCUT2D eigenvalue weighted by Gasteiger charge is 2.19. The van der Waals surface area contributed by atoms with Gasteiger partial charge in [-0.25, -0.2) is 26.7 Å². The molecule has 2 heterocycles. The second kappa shape index (κ2) is 7.64.